The fourth-order valence-corrected chi connectivity index (χ4v) is 3.21. The minimum Gasteiger partial charge on any atom is -0.360 e. The minimum atomic E-state index is 0.359. The first-order valence-electron chi connectivity index (χ1n) is 5.58. The molecule has 14 heavy (non-hydrogen) atoms. The summed E-state index contributed by atoms with van der Waals surface area (Å²) >= 11 is 1.89. The first-order valence-corrected chi connectivity index (χ1v) is 6.56. The molecule has 2 aliphatic rings. The van der Waals surface area contributed by atoms with Crippen molar-refractivity contribution in [2.24, 2.45) is 10.9 Å². The number of nitrogens with one attached hydrogen (secondary N) is 1. The van der Waals surface area contributed by atoms with Crippen LogP contribution in [0.15, 0.2) is 4.99 Å². The van der Waals surface area contributed by atoms with Gasteiger partial charge in [0.15, 0.2) is 5.17 Å². The van der Waals surface area contributed by atoms with Crippen molar-refractivity contribution in [2.75, 3.05) is 5.75 Å². The van der Waals surface area contributed by atoms with E-state index in [1.165, 1.54) is 24.4 Å². The average Bonchev–Trinajstić information content (AvgIpc) is 2.50. The topological polar surface area (TPSA) is 24.4 Å². The molecule has 0 radical (unpaired) electrons. The van der Waals surface area contributed by atoms with Crippen molar-refractivity contribution in [1.82, 2.24) is 5.32 Å². The van der Waals surface area contributed by atoms with Crippen LogP contribution in [0.1, 0.15) is 40.0 Å². The SMILES string of the molecule is CC(C)C1CSC(NC2(C)CCC2)=N1. The van der Waals surface area contributed by atoms with Crippen molar-refractivity contribution in [3.05, 3.63) is 0 Å². The second kappa shape index (κ2) is 3.76. The van der Waals surface area contributed by atoms with Crippen LogP contribution in [0, 0.1) is 5.92 Å². The van der Waals surface area contributed by atoms with E-state index in [1.54, 1.807) is 0 Å². The Morgan fingerprint density at radius 2 is 2.21 bits per heavy atom. The van der Waals surface area contributed by atoms with E-state index in [1.807, 2.05) is 11.8 Å². The van der Waals surface area contributed by atoms with Crippen LogP contribution in [0.2, 0.25) is 0 Å². The lowest BCUT2D eigenvalue weighted by Gasteiger charge is -2.39. The summed E-state index contributed by atoms with van der Waals surface area (Å²) in [4.78, 5) is 4.72. The molecule has 1 saturated carbocycles. The number of rotatable bonds is 2. The number of thioether (sulfide) groups is 1. The normalized spacial score (nSPS) is 30.0. The molecule has 2 nitrogen and oxygen atoms in total. The van der Waals surface area contributed by atoms with Gasteiger partial charge < -0.3 is 5.32 Å². The molecular formula is C11H20N2S. The number of amidine groups is 1. The van der Waals surface area contributed by atoms with Gasteiger partial charge in [0.05, 0.1) is 6.04 Å². The smallest absolute Gasteiger partial charge is 0.157 e. The third-order valence-electron chi connectivity index (χ3n) is 3.31. The molecule has 1 fully saturated rings. The number of nitrogens with zero attached hydrogens (tertiary/aromatic N) is 1. The Kier molecular flexibility index (Phi) is 2.78. The summed E-state index contributed by atoms with van der Waals surface area (Å²) in [5, 5.41) is 4.78. The van der Waals surface area contributed by atoms with E-state index in [2.05, 4.69) is 26.1 Å². The number of aliphatic imine (C=N–C) groups is 1. The van der Waals surface area contributed by atoms with Crippen molar-refractivity contribution in [3.8, 4) is 0 Å². The van der Waals surface area contributed by atoms with Crippen molar-refractivity contribution >= 4 is 16.9 Å². The molecule has 1 aliphatic heterocycles. The van der Waals surface area contributed by atoms with Gasteiger partial charge in [0.25, 0.3) is 0 Å². The first kappa shape index (κ1) is 10.3. The molecule has 0 amide bonds. The van der Waals surface area contributed by atoms with Gasteiger partial charge in [-0.25, -0.2) is 0 Å². The molecule has 80 valence electrons. The lowest BCUT2D eigenvalue weighted by molar-refractivity contribution is 0.245. The van der Waals surface area contributed by atoms with Gasteiger partial charge in [-0.15, -0.1) is 0 Å². The average molecular weight is 212 g/mol. The molecule has 0 aromatic carbocycles. The Bertz CT molecular complexity index is 244. The van der Waals surface area contributed by atoms with Crippen molar-refractivity contribution < 1.29 is 0 Å². The summed E-state index contributed by atoms with van der Waals surface area (Å²) < 4.78 is 0. The Hall–Kier alpha value is -0.180. The first-order chi connectivity index (χ1) is 6.59. The fraction of sp³-hybridized carbons (Fsp3) is 0.909. The fourth-order valence-electron chi connectivity index (χ4n) is 1.89. The maximum Gasteiger partial charge on any atom is 0.157 e. The van der Waals surface area contributed by atoms with Gasteiger partial charge >= 0.3 is 0 Å². The van der Waals surface area contributed by atoms with E-state index >= 15 is 0 Å². The van der Waals surface area contributed by atoms with Crippen LogP contribution in [-0.4, -0.2) is 22.5 Å². The molecular weight excluding hydrogens is 192 g/mol. The van der Waals surface area contributed by atoms with Crippen LogP contribution in [-0.2, 0) is 0 Å². The molecule has 0 aromatic rings. The molecule has 1 atom stereocenters. The summed E-state index contributed by atoms with van der Waals surface area (Å²) in [6, 6.07) is 0.533. The van der Waals surface area contributed by atoms with E-state index in [0.717, 1.165) is 5.75 Å². The second-order valence-electron chi connectivity index (χ2n) is 5.10. The highest BCUT2D eigenvalue weighted by atomic mass is 32.2. The van der Waals surface area contributed by atoms with Crippen LogP contribution in [0.5, 0.6) is 0 Å². The van der Waals surface area contributed by atoms with Crippen molar-refractivity contribution in [1.29, 1.82) is 0 Å². The Labute approximate surface area is 90.9 Å². The quantitative estimate of drug-likeness (QED) is 0.761. The van der Waals surface area contributed by atoms with Gasteiger partial charge in [0.2, 0.25) is 0 Å². The molecule has 1 unspecified atom stereocenters. The third-order valence-corrected chi connectivity index (χ3v) is 4.30. The summed E-state index contributed by atoms with van der Waals surface area (Å²) in [5.41, 5.74) is 0.359. The van der Waals surface area contributed by atoms with Crippen LogP contribution < -0.4 is 5.32 Å². The van der Waals surface area contributed by atoms with Crippen LogP contribution >= 0.6 is 11.8 Å². The molecule has 0 saturated heterocycles. The van der Waals surface area contributed by atoms with E-state index in [0.29, 0.717) is 17.5 Å². The molecule has 3 heteroatoms. The highest BCUT2D eigenvalue weighted by Gasteiger charge is 2.34. The molecule has 1 heterocycles. The van der Waals surface area contributed by atoms with Gasteiger partial charge in [-0.2, -0.15) is 0 Å². The minimum absolute atomic E-state index is 0.359. The highest BCUT2D eigenvalue weighted by molar-refractivity contribution is 8.14. The standard InChI is InChI=1S/C11H20N2S/c1-8(2)9-7-14-10(12-9)13-11(3)5-4-6-11/h8-9H,4-7H2,1-3H3,(H,12,13). The summed E-state index contributed by atoms with van der Waals surface area (Å²) in [5.74, 6) is 1.84. The molecule has 0 spiro atoms. The predicted molar refractivity (Wildman–Crippen MR) is 63.9 cm³/mol. The Morgan fingerprint density at radius 3 is 2.64 bits per heavy atom. The molecule has 2 rings (SSSR count). The molecule has 0 bridgehead atoms. The van der Waals surface area contributed by atoms with Gasteiger partial charge in [0.1, 0.15) is 0 Å². The van der Waals surface area contributed by atoms with E-state index in [4.69, 9.17) is 4.99 Å². The van der Waals surface area contributed by atoms with Crippen molar-refractivity contribution in [3.63, 3.8) is 0 Å². The monoisotopic (exact) mass is 212 g/mol. The van der Waals surface area contributed by atoms with Crippen LogP contribution in [0.3, 0.4) is 0 Å². The van der Waals surface area contributed by atoms with E-state index in [9.17, 15) is 0 Å². The van der Waals surface area contributed by atoms with Gasteiger partial charge in [-0.05, 0) is 32.1 Å². The summed E-state index contributed by atoms with van der Waals surface area (Å²) in [6.45, 7) is 6.81. The van der Waals surface area contributed by atoms with Gasteiger partial charge in [-0.3, -0.25) is 4.99 Å². The third kappa shape index (κ3) is 2.08. The van der Waals surface area contributed by atoms with Gasteiger partial charge in [-0.1, -0.05) is 25.6 Å². The lowest BCUT2D eigenvalue weighted by atomic mass is 9.79. The Morgan fingerprint density at radius 1 is 1.50 bits per heavy atom. The maximum absolute atomic E-state index is 4.72. The zero-order chi connectivity index (χ0) is 10.2. The van der Waals surface area contributed by atoms with E-state index in [-0.39, 0.29) is 0 Å². The maximum atomic E-state index is 4.72. The van der Waals surface area contributed by atoms with Gasteiger partial charge in [0, 0.05) is 11.3 Å². The zero-order valence-electron chi connectivity index (χ0n) is 9.34. The van der Waals surface area contributed by atoms with Crippen LogP contribution in [0.4, 0.5) is 0 Å². The number of hydrogen-bond donors (Lipinski definition) is 1. The highest BCUT2D eigenvalue weighted by Crippen LogP contribution is 2.33. The largest absolute Gasteiger partial charge is 0.360 e. The second-order valence-corrected chi connectivity index (χ2v) is 6.10. The zero-order valence-corrected chi connectivity index (χ0v) is 10.2. The molecule has 1 aliphatic carbocycles. The van der Waals surface area contributed by atoms with Crippen LogP contribution in [0.25, 0.3) is 0 Å². The summed E-state index contributed by atoms with van der Waals surface area (Å²) in [6.07, 6.45) is 3.98. The van der Waals surface area contributed by atoms with Crippen molar-refractivity contribution in [2.45, 2.75) is 51.6 Å². The summed E-state index contributed by atoms with van der Waals surface area (Å²) in [7, 11) is 0. The predicted octanol–water partition coefficient (Wildman–Crippen LogP) is 2.65. The Balaban J connectivity index is 1.90. The molecule has 0 aromatic heterocycles. The molecule has 1 N–H and O–H groups in total. The van der Waals surface area contributed by atoms with E-state index < -0.39 is 0 Å². The number of hydrogen-bond acceptors (Lipinski definition) is 3. The lowest BCUT2D eigenvalue weighted by Crippen LogP contribution is -2.49.